The lowest BCUT2D eigenvalue weighted by atomic mass is 9.96. The number of benzene rings is 4. The molecule has 1 saturated heterocycles. The lowest BCUT2D eigenvalue weighted by Crippen LogP contribution is -2.46. The van der Waals surface area contributed by atoms with Crippen LogP contribution in [0.1, 0.15) is 17.2 Å². The molecule has 3 heterocycles. The van der Waals surface area contributed by atoms with Crippen molar-refractivity contribution in [2.75, 3.05) is 39.5 Å². The summed E-state index contributed by atoms with van der Waals surface area (Å²) in [6.45, 7) is 4.67. The van der Waals surface area contributed by atoms with Crippen LogP contribution >= 0.6 is 23.5 Å². The molecule has 0 saturated carbocycles. The molecule has 282 valence electrons. The topological polar surface area (TPSA) is 212 Å². The summed E-state index contributed by atoms with van der Waals surface area (Å²) in [5.41, 5.74) is 2.12. The number of carbonyl (C=O) groups is 2. The predicted octanol–water partition coefficient (Wildman–Crippen LogP) is 6.10. The van der Waals surface area contributed by atoms with Gasteiger partial charge in [-0.2, -0.15) is 0 Å². The lowest BCUT2D eigenvalue weighted by molar-refractivity contribution is -0.134. The number of carboxylic acids is 2. The summed E-state index contributed by atoms with van der Waals surface area (Å²) in [4.78, 5) is 40.6. The number of likely N-dealkylation sites (N-methyl/N-ethyl adjacent to an activating group) is 1. The maximum atomic E-state index is 12.1. The second kappa shape index (κ2) is 17.5. The molecule has 2 aliphatic heterocycles. The highest BCUT2D eigenvalue weighted by Gasteiger charge is 2.29. The maximum Gasteiger partial charge on any atom is 0.328 e. The van der Waals surface area contributed by atoms with Crippen molar-refractivity contribution in [2.45, 2.75) is 27.1 Å². The molecule has 0 amide bonds. The number of rotatable bonds is 5. The van der Waals surface area contributed by atoms with Gasteiger partial charge in [0.05, 0.1) is 0 Å². The number of carboxylic acid groups (broad SMARTS) is 2. The third kappa shape index (κ3) is 9.48. The smallest absolute Gasteiger partial charge is 0.328 e. The number of thioether (sulfide) groups is 1. The Morgan fingerprint density at radius 1 is 0.815 bits per heavy atom. The average Bonchev–Trinajstić information content (AvgIpc) is 3.30. The zero-order valence-corrected chi connectivity index (χ0v) is 30.8. The largest absolute Gasteiger partial charge is 0.508 e. The summed E-state index contributed by atoms with van der Waals surface area (Å²) in [5.74, 6) is -5.23. The highest BCUT2D eigenvalue weighted by atomic mass is 32.2. The van der Waals surface area contributed by atoms with Gasteiger partial charge < -0.3 is 45.1 Å². The van der Waals surface area contributed by atoms with Gasteiger partial charge >= 0.3 is 11.9 Å². The minimum atomic E-state index is -1.26. The van der Waals surface area contributed by atoms with Crippen molar-refractivity contribution in [1.82, 2.24) is 9.80 Å². The Kier molecular flexibility index (Phi) is 12.8. The van der Waals surface area contributed by atoms with Gasteiger partial charge in [-0.3, -0.25) is 9.69 Å². The van der Waals surface area contributed by atoms with E-state index in [4.69, 9.17) is 14.6 Å². The molecule has 1 fully saturated rings. The third-order valence-corrected chi connectivity index (χ3v) is 10.6. The SMILES string of the molecule is CSc1ccc2c(c1)C(N1CCN(C)CC1)Cc1ccccc1S2.O=C(O)C=CC(=O)O.O=c1c(O)c(-c2ccc(O)c(O)c2)oc2cc(O)cc(O)c12. The molecule has 15 heteroatoms. The van der Waals surface area contributed by atoms with Crippen molar-refractivity contribution in [1.29, 1.82) is 0 Å². The van der Waals surface area contributed by atoms with Crippen LogP contribution in [0.3, 0.4) is 0 Å². The van der Waals surface area contributed by atoms with Gasteiger partial charge in [0, 0.05) is 76.8 Å². The number of aliphatic carboxylic acids is 2. The van der Waals surface area contributed by atoms with E-state index in [0.29, 0.717) is 18.2 Å². The zero-order valence-electron chi connectivity index (χ0n) is 29.2. The number of nitrogens with zero attached hydrogens (tertiary/aromatic N) is 2. The summed E-state index contributed by atoms with van der Waals surface area (Å²) in [6.07, 6.45) is 4.41. The van der Waals surface area contributed by atoms with Gasteiger partial charge in [-0.05, 0) is 73.3 Å². The monoisotopic (exact) mass is 774 g/mol. The van der Waals surface area contributed by atoms with Gasteiger partial charge in [0.15, 0.2) is 17.3 Å². The Hall–Kier alpha value is -5.61. The predicted molar refractivity (Wildman–Crippen MR) is 205 cm³/mol. The Balaban J connectivity index is 0.000000174. The minimum Gasteiger partial charge on any atom is -0.508 e. The number of phenols is 4. The van der Waals surface area contributed by atoms with Crippen LogP contribution in [0, 0.1) is 0 Å². The second-order valence-electron chi connectivity index (χ2n) is 12.3. The molecule has 7 N–H and O–H groups in total. The molecule has 7 rings (SSSR count). The standard InChI is InChI=1S/C20H24N2S2.C15H10O7.C4H4O4/c1-21-9-11-22(12-10-21)18-13-15-5-3-4-6-19(15)24-20-8-7-16(23-2)14-17(18)20;16-7-4-10(19)12-11(5-7)22-15(14(21)13(12)20)6-1-2-8(17)9(18)3-6;5-3(6)1-2-4(7)8/h3-8,14,18H,9-13H2,1-2H3;1-5,16-19,21H;1-2H,(H,5,6)(H,7,8). The number of hydrogen-bond donors (Lipinski definition) is 7. The number of hydrogen-bond acceptors (Lipinski definition) is 13. The van der Waals surface area contributed by atoms with Crippen molar-refractivity contribution >= 4 is 46.4 Å². The zero-order chi connectivity index (χ0) is 39.1. The first kappa shape index (κ1) is 39.6. The molecule has 0 bridgehead atoms. The van der Waals surface area contributed by atoms with Crippen LogP contribution in [0.5, 0.6) is 28.7 Å². The van der Waals surface area contributed by atoms with E-state index in [0.717, 1.165) is 43.8 Å². The number of fused-ring (bicyclic) bond motifs is 3. The quantitative estimate of drug-likeness (QED) is 0.0610. The minimum absolute atomic E-state index is 0.134. The molecule has 54 heavy (non-hydrogen) atoms. The fourth-order valence-corrected chi connectivity index (χ4v) is 7.52. The Bertz CT molecular complexity index is 2250. The number of aromatic hydroxyl groups is 5. The molecule has 1 unspecified atom stereocenters. The second-order valence-corrected chi connectivity index (χ2v) is 14.3. The van der Waals surface area contributed by atoms with E-state index in [2.05, 4.69) is 65.6 Å². The highest BCUT2D eigenvalue weighted by molar-refractivity contribution is 7.99. The normalized spacial score (nSPS) is 15.6. The first-order valence-corrected chi connectivity index (χ1v) is 18.5. The van der Waals surface area contributed by atoms with Gasteiger partial charge in [-0.1, -0.05) is 30.0 Å². The van der Waals surface area contributed by atoms with Crippen LogP contribution < -0.4 is 5.43 Å². The molecule has 13 nitrogen and oxygen atoms in total. The van der Waals surface area contributed by atoms with E-state index < -0.39 is 34.6 Å². The molecular formula is C39H38N2O11S2. The fraction of sp³-hybridized carbons (Fsp3) is 0.205. The van der Waals surface area contributed by atoms with E-state index in [1.807, 2.05) is 23.5 Å². The van der Waals surface area contributed by atoms with Crippen molar-refractivity contribution in [3.05, 3.63) is 106 Å². The maximum absolute atomic E-state index is 12.1. The summed E-state index contributed by atoms with van der Waals surface area (Å²) in [6, 6.07) is 22.1. The van der Waals surface area contributed by atoms with Crippen LogP contribution in [-0.4, -0.2) is 97.0 Å². The van der Waals surface area contributed by atoms with Gasteiger partial charge in [0.25, 0.3) is 0 Å². The molecule has 4 aromatic carbocycles. The third-order valence-electron chi connectivity index (χ3n) is 8.70. The van der Waals surface area contributed by atoms with Crippen molar-refractivity contribution in [3.8, 4) is 40.1 Å². The first-order valence-electron chi connectivity index (χ1n) is 16.5. The molecule has 0 radical (unpaired) electrons. The molecule has 1 aromatic heterocycles. The summed E-state index contributed by atoms with van der Waals surface area (Å²) in [5, 5.41) is 63.3. The first-order chi connectivity index (χ1) is 25.7. The van der Waals surface area contributed by atoms with Crippen molar-refractivity contribution < 1.29 is 49.8 Å². The van der Waals surface area contributed by atoms with E-state index in [1.165, 1.54) is 45.0 Å². The fourth-order valence-electron chi connectivity index (χ4n) is 5.95. The Morgan fingerprint density at radius 2 is 1.50 bits per heavy atom. The molecule has 0 spiro atoms. The van der Waals surface area contributed by atoms with Gasteiger partial charge in [0.2, 0.25) is 11.2 Å². The van der Waals surface area contributed by atoms with Crippen molar-refractivity contribution in [2.24, 2.45) is 0 Å². The van der Waals surface area contributed by atoms with Crippen LogP contribution in [0.4, 0.5) is 0 Å². The van der Waals surface area contributed by atoms with Crippen molar-refractivity contribution in [3.63, 3.8) is 0 Å². The van der Waals surface area contributed by atoms with Crippen LogP contribution in [-0.2, 0) is 16.0 Å². The van der Waals surface area contributed by atoms with E-state index in [-0.39, 0.29) is 33.8 Å². The van der Waals surface area contributed by atoms with E-state index in [1.54, 1.807) is 0 Å². The van der Waals surface area contributed by atoms with Crippen LogP contribution in [0.2, 0.25) is 0 Å². The van der Waals surface area contributed by atoms with Gasteiger partial charge in [-0.25, -0.2) is 9.59 Å². The Labute approximate surface area is 318 Å². The van der Waals surface area contributed by atoms with Crippen LogP contribution in [0.15, 0.2) is 109 Å². The molecule has 0 aliphatic carbocycles. The lowest BCUT2D eigenvalue weighted by Gasteiger charge is -2.38. The average molecular weight is 775 g/mol. The molecule has 5 aromatic rings. The van der Waals surface area contributed by atoms with Gasteiger partial charge in [0.1, 0.15) is 22.5 Å². The van der Waals surface area contributed by atoms with E-state index in [9.17, 15) is 39.9 Å². The van der Waals surface area contributed by atoms with E-state index >= 15 is 0 Å². The van der Waals surface area contributed by atoms with Gasteiger partial charge in [-0.15, -0.1) is 11.8 Å². The summed E-state index contributed by atoms with van der Waals surface area (Å²) < 4.78 is 5.35. The molecule has 2 aliphatic rings. The summed E-state index contributed by atoms with van der Waals surface area (Å²) in [7, 11) is 2.23. The number of phenolic OH excluding ortho intramolecular Hbond substituents is 4. The highest BCUT2D eigenvalue weighted by Crippen LogP contribution is 2.44. The van der Waals surface area contributed by atoms with Crippen LogP contribution in [0.25, 0.3) is 22.3 Å². The molecule has 1 atom stereocenters. The Morgan fingerprint density at radius 3 is 2.15 bits per heavy atom. The summed E-state index contributed by atoms with van der Waals surface area (Å²) >= 11 is 3.79. The number of piperazine rings is 1. The molecular weight excluding hydrogens is 737 g/mol.